The summed E-state index contributed by atoms with van der Waals surface area (Å²) in [6.07, 6.45) is 1.16. The van der Waals surface area contributed by atoms with Gasteiger partial charge in [0.2, 0.25) is 5.91 Å². The van der Waals surface area contributed by atoms with E-state index in [1.807, 2.05) is 6.07 Å². The molecule has 0 bridgehead atoms. The molecule has 0 radical (unpaired) electrons. The van der Waals surface area contributed by atoms with Crippen LogP contribution in [0.3, 0.4) is 0 Å². The SMILES string of the molecule is CCOC(=O)c1cc(C#N)c(SCC(=O)N2CCC(C(=O)OC)CC2)nc1C. The molecule has 1 aliphatic rings. The topological polar surface area (TPSA) is 110 Å². The number of hydrogen-bond donors (Lipinski definition) is 0. The lowest BCUT2D eigenvalue weighted by Gasteiger charge is -2.30. The van der Waals surface area contributed by atoms with E-state index >= 15 is 0 Å². The molecule has 1 amide bonds. The summed E-state index contributed by atoms with van der Waals surface area (Å²) in [5.41, 5.74) is 0.932. The Balaban J connectivity index is 2.00. The number of rotatable bonds is 6. The van der Waals surface area contributed by atoms with Crippen LogP contribution in [0.4, 0.5) is 0 Å². The largest absolute Gasteiger partial charge is 0.469 e. The number of carbonyl (C=O) groups excluding carboxylic acids is 3. The average molecular weight is 405 g/mol. The molecule has 0 atom stereocenters. The molecule has 28 heavy (non-hydrogen) atoms. The van der Waals surface area contributed by atoms with Crippen molar-refractivity contribution in [2.24, 2.45) is 5.92 Å². The van der Waals surface area contributed by atoms with Crippen LogP contribution in [0.1, 0.15) is 41.4 Å². The number of ether oxygens (including phenoxy) is 2. The van der Waals surface area contributed by atoms with Gasteiger partial charge in [0.15, 0.2) is 0 Å². The van der Waals surface area contributed by atoms with E-state index in [0.29, 0.717) is 36.7 Å². The summed E-state index contributed by atoms with van der Waals surface area (Å²) >= 11 is 1.16. The Kier molecular flexibility index (Phi) is 7.81. The molecular formula is C19H23N3O5S. The van der Waals surface area contributed by atoms with Crippen LogP contribution >= 0.6 is 11.8 Å². The van der Waals surface area contributed by atoms with Crippen molar-refractivity contribution in [1.82, 2.24) is 9.88 Å². The first-order valence-electron chi connectivity index (χ1n) is 8.98. The summed E-state index contributed by atoms with van der Waals surface area (Å²) in [5.74, 6) is -0.868. The minimum absolute atomic E-state index is 0.0777. The highest BCUT2D eigenvalue weighted by atomic mass is 32.2. The fourth-order valence-electron chi connectivity index (χ4n) is 2.94. The maximum atomic E-state index is 12.5. The van der Waals surface area contributed by atoms with Crippen molar-refractivity contribution in [2.45, 2.75) is 31.7 Å². The first kappa shape index (κ1) is 21.7. The fraction of sp³-hybridized carbons (Fsp3) is 0.526. The lowest BCUT2D eigenvalue weighted by Crippen LogP contribution is -2.41. The van der Waals surface area contributed by atoms with Crippen molar-refractivity contribution >= 4 is 29.6 Å². The van der Waals surface area contributed by atoms with Crippen LogP contribution in [0.15, 0.2) is 11.1 Å². The van der Waals surface area contributed by atoms with Gasteiger partial charge < -0.3 is 14.4 Å². The lowest BCUT2D eigenvalue weighted by atomic mass is 9.97. The normalized spacial score (nSPS) is 14.3. The number of amides is 1. The van der Waals surface area contributed by atoms with Gasteiger partial charge >= 0.3 is 11.9 Å². The van der Waals surface area contributed by atoms with Gasteiger partial charge in [0.25, 0.3) is 0 Å². The Morgan fingerprint density at radius 3 is 2.61 bits per heavy atom. The number of hydrogen-bond acceptors (Lipinski definition) is 8. The third kappa shape index (κ3) is 5.23. The number of thioether (sulfide) groups is 1. The fourth-order valence-corrected chi connectivity index (χ4v) is 3.85. The van der Waals surface area contributed by atoms with Crippen molar-refractivity contribution in [2.75, 3.05) is 32.6 Å². The highest BCUT2D eigenvalue weighted by Gasteiger charge is 2.28. The van der Waals surface area contributed by atoms with Gasteiger partial charge in [-0.3, -0.25) is 9.59 Å². The molecule has 0 spiro atoms. The van der Waals surface area contributed by atoms with Gasteiger partial charge in [0, 0.05) is 13.1 Å². The maximum absolute atomic E-state index is 12.5. The number of methoxy groups -OCH3 is 1. The number of pyridine rings is 1. The smallest absolute Gasteiger partial charge is 0.340 e. The molecular weight excluding hydrogens is 382 g/mol. The molecule has 1 aliphatic heterocycles. The molecule has 150 valence electrons. The van der Waals surface area contributed by atoms with Gasteiger partial charge in [-0.2, -0.15) is 5.26 Å². The second-order valence-electron chi connectivity index (χ2n) is 6.27. The van der Waals surface area contributed by atoms with Crippen LogP contribution in [0, 0.1) is 24.2 Å². The van der Waals surface area contributed by atoms with Crippen LogP contribution in [-0.2, 0) is 19.1 Å². The summed E-state index contributed by atoms with van der Waals surface area (Å²) < 4.78 is 9.72. The minimum atomic E-state index is -0.523. The number of piperidine rings is 1. The first-order chi connectivity index (χ1) is 13.4. The molecule has 2 rings (SSSR count). The van der Waals surface area contributed by atoms with Gasteiger partial charge in [-0.1, -0.05) is 11.8 Å². The predicted octanol–water partition coefficient (Wildman–Crippen LogP) is 1.94. The van der Waals surface area contributed by atoms with E-state index in [0.717, 1.165) is 11.8 Å². The van der Waals surface area contributed by atoms with Crippen molar-refractivity contribution in [3.8, 4) is 6.07 Å². The van der Waals surface area contributed by atoms with Crippen molar-refractivity contribution in [1.29, 1.82) is 5.26 Å². The second kappa shape index (κ2) is 10.1. The zero-order valence-corrected chi connectivity index (χ0v) is 17.0. The minimum Gasteiger partial charge on any atom is -0.469 e. The molecule has 8 nitrogen and oxygen atoms in total. The summed E-state index contributed by atoms with van der Waals surface area (Å²) in [4.78, 5) is 42.0. The Morgan fingerprint density at radius 2 is 2.04 bits per heavy atom. The van der Waals surface area contributed by atoms with E-state index in [-0.39, 0.29) is 41.3 Å². The van der Waals surface area contributed by atoms with Gasteiger partial charge in [-0.25, -0.2) is 9.78 Å². The Hall–Kier alpha value is -2.60. The zero-order valence-electron chi connectivity index (χ0n) is 16.2. The van der Waals surface area contributed by atoms with E-state index < -0.39 is 5.97 Å². The molecule has 9 heteroatoms. The van der Waals surface area contributed by atoms with Gasteiger partial charge in [0.1, 0.15) is 11.1 Å². The third-order valence-electron chi connectivity index (χ3n) is 4.51. The highest BCUT2D eigenvalue weighted by Crippen LogP contribution is 2.25. The van der Waals surface area contributed by atoms with Crippen molar-refractivity contribution in [3.05, 3.63) is 22.9 Å². The monoisotopic (exact) mass is 405 g/mol. The summed E-state index contributed by atoms with van der Waals surface area (Å²) in [5, 5.41) is 9.78. The summed E-state index contributed by atoms with van der Waals surface area (Å²) in [6, 6.07) is 3.47. The van der Waals surface area contributed by atoms with Crippen molar-refractivity contribution in [3.63, 3.8) is 0 Å². The number of likely N-dealkylation sites (tertiary alicyclic amines) is 1. The second-order valence-corrected chi connectivity index (χ2v) is 7.24. The number of carbonyl (C=O) groups is 3. The first-order valence-corrected chi connectivity index (χ1v) is 9.97. The Morgan fingerprint density at radius 1 is 1.36 bits per heavy atom. The summed E-state index contributed by atoms with van der Waals surface area (Å²) in [6.45, 7) is 4.60. The van der Waals surface area contributed by atoms with E-state index in [1.165, 1.54) is 13.2 Å². The van der Waals surface area contributed by atoms with E-state index in [2.05, 4.69) is 4.98 Å². The van der Waals surface area contributed by atoms with Gasteiger partial charge in [-0.05, 0) is 32.8 Å². The third-order valence-corrected chi connectivity index (χ3v) is 5.48. The molecule has 2 heterocycles. The highest BCUT2D eigenvalue weighted by molar-refractivity contribution is 8.00. The maximum Gasteiger partial charge on any atom is 0.340 e. The lowest BCUT2D eigenvalue weighted by molar-refractivity contribution is -0.148. The zero-order chi connectivity index (χ0) is 20.7. The Bertz CT molecular complexity index is 797. The van der Waals surface area contributed by atoms with E-state index in [4.69, 9.17) is 9.47 Å². The average Bonchev–Trinajstić information content (AvgIpc) is 2.71. The molecule has 0 saturated carbocycles. The van der Waals surface area contributed by atoms with Gasteiger partial charge in [-0.15, -0.1) is 0 Å². The molecule has 1 aromatic heterocycles. The number of esters is 2. The van der Waals surface area contributed by atoms with Gasteiger partial charge in [0.05, 0.1) is 42.2 Å². The molecule has 0 aliphatic carbocycles. The van der Waals surface area contributed by atoms with E-state index in [1.54, 1.807) is 18.7 Å². The van der Waals surface area contributed by atoms with Crippen LogP contribution < -0.4 is 0 Å². The quantitative estimate of drug-likeness (QED) is 0.522. The molecule has 0 aromatic carbocycles. The number of nitrogens with zero attached hydrogens (tertiary/aromatic N) is 3. The predicted molar refractivity (Wildman–Crippen MR) is 102 cm³/mol. The van der Waals surface area contributed by atoms with Crippen LogP contribution in [0.2, 0.25) is 0 Å². The number of aryl methyl sites for hydroxylation is 1. The van der Waals surface area contributed by atoms with Crippen LogP contribution in [0.25, 0.3) is 0 Å². The molecule has 1 fully saturated rings. The van der Waals surface area contributed by atoms with E-state index in [9.17, 15) is 19.6 Å². The van der Waals surface area contributed by atoms with Crippen molar-refractivity contribution < 1.29 is 23.9 Å². The molecule has 1 aromatic rings. The van der Waals surface area contributed by atoms with Crippen LogP contribution in [-0.4, -0.2) is 60.3 Å². The standard InChI is InChI=1S/C19H23N3O5S/c1-4-27-19(25)15-9-14(10-20)17(21-12(15)2)28-11-16(23)22-7-5-13(6-8-22)18(24)26-3/h9,13H,4-8,11H2,1-3H3. The van der Waals surface area contributed by atoms with Crippen LogP contribution in [0.5, 0.6) is 0 Å². The molecule has 1 saturated heterocycles. The molecule has 0 N–H and O–H groups in total. The summed E-state index contributed by atoms with van der Waals surface area (Å²) in [7, 11) is 1.37. The molecule has 0 unspecified atom stereocenters. The number of aromatic nitrogens is 1. The number of nitriles is 1. The Labute approximate surface area is 168 Å².